The molecule has 0 saturated carbocycles. The van der Waals surface area contributed by atoms with Gasteiger partial charge in [0.15, 0.2) is 0 Å². The number of hydrogen-bond donors (Lipinski definition) is 1. The first-order valence-corrected chi connectivity index (χ1v) is 7.73. The molecule has 6 heteroatoms. The van der Waals surface area contributed by atoms with E-state index in [-0.39, 0.29) is 12.2 Å². The second-order valence-corrected chi connectivity index (χ2v) is 6.78. The van der Waals surface area contributed by atoms with Crippen LogP contribution in [0.5, 0.6) is 0 Å². The largest absolute Gasteiger partial charge is 0.444 e. The minimum atomic E-state index is -0.463. The average Bonchev–Trinajstić information content (AvgIpc) is 2.37. The average molecular weight is 297 g/mol. The summed E-state index contributed by atoms with van der Waals surface area (Å²) in [4.78, 5) is 18.3. The van der Waals surface area contributed by atoms with Gasteiger partial charge < -0.3 is 14.8 Å². The Kier molecular flexibility index (Phi) is 5.08. The maximum absolute atomic E-state index is 12.1. The van der Waals surface area contributed by atoms with Gasteiger partial charge in [-0.05, 0) is 40.5 Å². The first-order valence-electron chi connectivity index (χ1n) is 7.73. The van der Waals surface area contributed by atoms with Gasteiger partial charge >= 0.3 is 6.09 Å². The van der Waals surface area contributed by atoms with Crippen LogP contribution in [0.25, 0.3) is 0 Å². The van der Waals surface area contributed by atoms with Crippen molar-refractivity contribution in [3.05, 3.63) is 0 Å². The molecule has 1 N–H and O–H groups in total. The Hall–Kier alpha value is -1.30. The summed E-state index contributed by atoms with van der Waals surface area (Å²) in [6, 6.07) is 0.381. The molecule has 2 rings (SSSR count). The molecule has 0 aliphatic carbocycles. The first-order chi connectivity index (χ1) is 9.83. The Labute approximate surface area is 126 Å². The molecule has 2 unspecified atom stereocenters. The Balaban J connectivity index is 1.85. The van der Waals surface area contributed by atoms with Crippen LogP contribution in [0.2, 0.25) is 0 Å². The van der Waals surface area contributed by atoms with Gasteiger partial charge in [-0.15, -0.1) is 0 Å². The minimum Gasteiger partial charge on any atom is -0.444 e. The van der Waals surface area contributed by atoms with Gasteiger partial charge in [-0.2, -0.15) is 0 Å². The van der Waals surface area contributed by atoms with Crippen LogP contribution in [-0.2, 0) is 9.47 Å². The number of carbonyl (C=O) groups is 1. The molecular formula is C15H27N3O3. The zero-order chi connectivity index (χ0) is 15.5. The van der Waals surface area contributed by atoms with E-state index >= 15 is 0 Å². The maximum atomic E-state index is 12.1. The lowest BCUT2D eigenvalue weighted by Crippen LogP contribution is -2.50. The van der Waals surface area contributed by atoms with E-state index in [1.165, 1.54) is 0 Å². The Bertz CT molecular complexity index is 403. The highest BCUT2D eigenvalue weighted by Crippen LogP contribution is 2.14. The van der Waals surface area contributed by atoms with E-state index in [0.717, 1.165) is 25.3 Å². The van der Waals surface area contributed by atoms with Crippen molar-refractivity contribution in [2.75, 3.05) is 26.2 Å². The van der Waals surface area contributed by atoms with Crippen LogP contribution in [0, 0.1) is 0 Å². The summed E-state index contributed by atoms with van der Waals surface area (Å²) in [5.74, 6) is 0.881. The Morgan fingerprint density at radius 3 is 2.90 bits per heavy atom. The van der Waals surface area contributed by atoms with E-state index in [1.54, 1.807) is 4.90 Å². The monoisotopic (exact) mass is 297 g/mol. The standard InChI is InChI=1S/C15H27N3O3/c1-11-9-12(5-8-20-11)17-13-10-18(7-6-16-13)14(19)21-15(2,3)4/h11-12H,5-10H2,1-4H3,(H,16,17). The molecule has 1 fully saturated rings. The quantitative estimate of drug-likeness (QED) is 0.801. The SMILES string of the molecule is CC1CC(NC2=NCCN(C(=O)OC(C)(C)C)C2)CCO1. The Morgan fingerprint density at radius 1 is 1.48 bits per heavy atom. The molecule has 1 amide bonds. The van der Waals surface area contributed by atoms with Crippen LogP contribution in [0.1, 0.15) is 40.5 Å². The van der Waals surface area contributed by atoms with Crippen molar-refractivity contribution in [2.24, 2.45) is 4.99 Å². The third-order valence-electron chi connectivity index (χ3n) is 3.52. The third kappa shape index (κ3) is 5.19. The van der Waals surface area contributed by atoms with Crippen LogP contribution >= 0.6 is 0 Å². The van der Waals surface area contributed by atoms with Gasteiger partial charge in [-0.1, -0.05) is 0 Å². The molecule has 0 aromatic heterocycles. The molecule has 0 aromatic rings. The third-order valence-corrected chi connectivity index (χ3v) is 3.52. The molecule has 6 nitrogen and oxygen atoms in total. The zero-order valence-electron chi connectivity index (χ0n) is 13.5. The van der Waals surface area contributed by atoms with E-state index in [1.807, 2.05) is 20.8 Å². The lowest BCUT2D eigenvalue weighted by atomic mass is 10.0. The van der Waals surface area contributed by atoms with Crippen LogP contribution < -0.4 is 5.32 Å². The summed E-state index contributed by atoms with van der Waals surface area (Å²) in [5, 5.41) is 3.46. The molecule has 0 bridgehead atoms. The molecule has 2 atom stereocenters. The van der Waals surface area contributed by atoms with Crippen LogP contribution in [0.4, 0.5) is 4.79 Å². The highest BCUT2D eigenvalue weighted by molar-refractivity contribution is 5.88. The lowest BCUT2D eigenvalue weighted by Gasteiger charge is -2.33. The predicted molar refractivity (Wildman–Crippen MR) is 81.7 cm³/mol. The number of carbonyl (C=O) groups excluding carboxylic acids is 1. The van der Waals surface area contributed by atoms with Crippen LogP contribution in [0.3, 0.4) is 0 Å². The summed E-state index contributed by atoms with van der Waals surface area (Å²) in [5.41, 5.74) is -0.463. The molecule has 0 aromatic carbocycles. The van der Waals surface area contributed by atoms with E-state index in [9.17, 15) is 4.79 Å². The second-order valence-electron chi connectivity index (χ2n) is 6.78. The van der Waals surface area contributed by atoms with Gasteiger partial charge in [0, 0.05) is 19.2 Å². The zero-order valence-corrected chi connectivity index (χ0v) is 13.5. The summed E-state index contributed by atoms with van der Waals surface area (Å²) >= 11 is 0. The first kappa shape index (κ1) is 16.1. The van der Waals surface area contributed by atoms with Gasteiger partial charge in [0.2, 0.25) is 0 Å². The highest BCUT2D eigenvalue weighted by Gasteiger charge is 2.27. The number of aliphatic imine (C=N–C) groups is 1. The lowest BCUT2D eigenvalue weighted by molar-refractivity contribution is 0.0157. The van der Waals surface area contributed by atoms with Crippen LogP contribution in [-0.4, -0.2) is 60.8 Å². The molecule has 2 aliphatic heterocycles. The number of rotatable bonds is 1. The summed E-state index contributed by atoms with van der Waals surface area (Å²) in [6.07, 6.45) is 1.97. The number of nitrogens with zero attached hydrogens (tertiary/aromatic N) is 2. The van der Waals surface area contributed by atoms with Gasteiger partial charge in [0.25, 0.3) is 0 Å². The van der Waals surface area contributed by atoms with Crippen molar-refractivity contribution >= 4 is 11.9 Å². The molecule has 0 spiro atoms. The fraction of sp³-hybridized carbons (Fsp3) is 0.867. The van der Waals surface area contributed by atoms with Gasteiger partial charge in [0.05, 0.1) is 19.2 Å². The van der Waals surface area contributed by atoms with Crippen molar-refractivity contribution in [1.29, 1.82) is 0 Å². The molecule has 2 heterocycles. The fourth-order valence-electron chi connectivity index (χ4n) is 2.55. The van der Waals surface area contributed by atoms with Gasteiger partial charge in [-0.25, -0.2) is 4.79 Å². The van der Waals surface area contributed by atoms with Crippen molar-refractivity contribution in [3.8, 4) is 0 Å². The van der Waals surface area contributed by atoms with Crippen molar-refractivity contribution in [2.45, 2.75) is 58.3 Å². The summed E-state index contributed by atoms with van der Waals surface area (Å²) in [7, 11) is 0. The molecule has 21 heavy (non-hydrogen) atoms. The van der Waals surface area contributed by atoms with E-state index in [4.69, 9.17) is 9.47 Å². The van der Waals surface area contributed by atoms with Crippen molar-refractivity contribution in [3.63, 3.8) is 0 Å². The molecule has 1 saturated heterocycles. The molecule has 120 valence electrons. The van der Waals surface area contributed by atoms with E-state index < -0.39 is 5.60 Å². The van der Waals surface area contributed by atoms with Gasteiger partial charge in [-0.3, -0.25) is 9.89 Å². The molecule has 0 radical (unpaired) electrons. The topological polar surface area (TPSA) is 63.2 Å². The van der Waals surface area contributed by atoms with E-state index in [0.29, 0.717) is 25.7 Å². The molecular weight excluding hydrogens is 270 g/mol. The van der Waals surface area contributed by atoms with Crippen molar-refractivity contribution in [1.82, 2.24) is 10.2 Å². The predicted octanol–water partition coefficient (Wildman–Crippen LogP) is 1.79. The second kappa shape index (κ2) is 6.64. The maximum Gasteiger partial charge on any atom is 0.410 e. The number of hydrogen-bond acceptors (Lipinski definition) is 5. The highest BCUT2D eigenvalue weighted by atomic mass is 16.6. The smallest absolute Gasteiger partial charge is 0.410 e. The van der Waals surface area contributed by atoms with Crippen LogP contribution in [0.15, 0.2) is 4.99 Å². The summed E-state index contributed by atoms with van der Waals surface area (Å²) in [6.45, 7) is 10.2. The summed E-state index contributed by atoms with van der Waals surface area (Å²) < 4.78 is 11.0. The fourth-order valence-corrected chi connectivity index (χ4v) is 2.55. The minimum absolute atomic E-state index is 0.267. The number of ether oxygens (including phenoxy) is 2. The number of amides is 1. The van der Waals surface area contributed by atoms with Gasteiger partial charge in [0.1, 0.15) is 11.4 Å². The molecule has 2 aliphatic rings. The normalized spacial score (nSPS) is 27.0. The number of amidine groups is 1. The number of nitrogens with one attached hydrogen (secondary N) is 1. The van der Waals surface area contributed by atoms with Crippen molar-refractivity contribution < 1.29 is 14.3 Å². The van der Waals surface area contributed by atoms with E-state index in [2.05, 4.69) is 17.2 Å². The Morgan fingerprint density at radius 2 is 2.24 bits per heavy atom.